The van der Waals surface area contributed by atoms with E-state index < -0.39 is 0 Å². The molecule has 1 aliphatic rings. The molecular weight excluding hydrogens is 348 g/mol. The molecule has 0 atom stereocenters. The molecule has 0 amide bonds. The van der Waals surface area contributed by atoms with Crippen molar-refractivity contribution in [2.45, 2.75) is 33.4 Å². The molecule has 0 aliphatic carbocycles. The van der Waals surface area contributed by atoms with Crippen LogP contribution in [0.25, 0.3) is 0 Å². The van der Waals surface area contributed by atoms with E-state index in [1.807, 2.05) is 6.20 Å². The van der Waals surface area contributed by atoms with Gasteiger partial charge in [-0.2, -0.15) is 0 Å². The van der Waals surface area contributed by atoms with Gasteiger partial charge in [-0.3, -0.25) is 0 Å². The van der Waals surface area contributed by atoms with E-state index in [0.29, 0.717) is 6.54 Å². The molecule has 1 aliphatic heterocycles. The van der Waals surface area contributed by atoms with Crippen molar-refractivity contribution < 1.29 is 9.47 Å². The zero-order chi connectivity index (χ0) is 18.5. The SMILES string of the molecule is CCNC(=NCc1ncc(C)s1)N1CCc2cc(OC)c(OC)cc2C1. The van der Waals surface area contributed by atoms with Crippen molar-refractivity contribution in [3.05, 3.63) is 39.3 Å². The van der Waals surface area contributed by atoms with Crippen LogP contribution in [0, 0.1) is 6.92 Å². The number of nitrogens with zero attached hydrogens (tertiary/aromatic N) is 3. The molecule has 2 heterocycles. The van der Waals surface area contributed by atoms with Gasteiger partial charge in [0.1, 0.15) is 5.01 Å². The molecule has 6 nitrogen and oxygen atoms in total. The highest BCUT2D eigenvalue weighted by Gasteiger charge is 2.21. The van der Waals surface area contributed by atoms with Crippen LogP contribution in [0.2, 0.25) is 0 Å². The van der Waals surface area contributed by atoms with Gasteiger partial charge in [-0.1, -0.05) is 0 Å². The fourth-order valence-corrected chi connectivity index (χ4v) is 3.82. The fourth-order valence-electron chi connectivity index (χ4n) is 3.11. The Hall–Kier alpha value is -2.28. The summed E-state index contributed by atoms with van der Waals surface area (Å²) < 4.78 is 10.9. The summed E-state index contributed by atoms with van der Waals surface area (Å²) in [4.78, 5) is 12.7. The van der Waals surface area contributed by atoms with Crippen molar-refractivity contribution in [2.24, 2.45) is 4.99 Å². The van der Waals surface area contributed by atoms with Gasteiger partial charge in [0.15, 0.2) is 17.5 Å². The largest absolute Gasteiger partial charge is 0.493 e. The van der Waals surface area contributed by atoms with E-state index in [1.54, 1.807) is 25.6 Å². The number of rotatable bonds is 5. The van der Waals surface area contributed by atoms with Gasteiger partial charge in [-0.25, -0.2) is 9.98 Å². The smallest absolute Gasteiger partial charge is 0.194 e. The Labute approximate surface area is 158 Å². The third-order valence-corrected chi connectivity index (χ3v) is 5.28. The summed E-state index contributed by atoms with van der Waals surface area (Å²) in [6.07, 6.45) is 2.86. The van der Waals surface area contributed by atoms with Crippen LogP contribution in [0.5, 0.6) is 11.5 Å². The number of guanidine groups is 1. The normalized spacial score (nSPS) is 14.2. The molecule has 0 spiro atoms. The van der Waals surface area contributed by atoms with Crippen LogP contribution in [0.3, 0.4) is 0 Å². The first-order valence-corrected chi connectivity index (χ1v) is 9.64. The summed E-state index contributed by atoms with van der Waals surface area (Å²) in [5.74, 6) is 2.49. The van der Waals surface area contributed by atoms with Gasteiger partial charge in [-0.05, 0) is 43.5 Å². The Morgan fingerprint density at radius 2 is 2.00 bits per heavy atom. The van der Waals surface area contributed by atoms with Crippen LogP contribution in [-0.2, 0) is 19.5 Å². The summed E-state index contributed by atoms with van der Waals surface area (Å²) in [6.45, 7) is 7.33. The van der Waals surface area contributed by atoms with E-state index in [4.69, 9.17) is 14.5 Å². The number of aryl methyl sites for hydroxylation is 1. The van der Waals surface area contributed by atoms with Gasteiger partial charge in [0.2, 0.25) is 0 Å². The van der Waals surface area contributed by atoms with Crippen molar-refractivity contribution in [1.82, 2.24) is 15.2 Å². The predicted molar refractivity (Wildman–Crippen MR) is 105 cm³/mol. The van der Waals surface area contributed by atoms with Crippen molar-refractivity contribution in [2.75, 3.05) is 27.3 Å². The predicted octanol–water partition coefficient (Wildman–Crippen LogP) is 2.99. The second kappa shape index (κ2) is 8.40. The highest BCUT2D eigenvalue weighted by Crippen LogP contribution is 2.33. The van der Waals surface area contributed by atoms with Crippen molar-refractivity contribution in [3.63, 3.8) is 0 Å². The van der Waals surface area contributed by atoms with E-state index in [-0.39, 0.29) is 0 Å². The molecule has 1 aromatic heterocycles. The molecule has 0 saturated heterocycles. The second-order valence-electron chi connectivity index (χ2n) is 6.18. The minimum absolute atomic E-state index is 0.607. The quantitative estimate of drug-likeness (QED) is 0.644. The molecule has 0 unspecified atom stereocenters. The summed E-state index contributed by atoms with van der Waals surface area (Å²) in [5.41, 5.74) is 2.56. The Kier molecular flexibility index (Phi) is 5.98. The van der Waals surface area contributed by atoms with E-state index in [2.05, 4.69) is 41.2 Å². The fraction of sp³-hybridized carbons (Fsp3) is 0.474. The number of nitrogens with one attached hydrogen (secondary N) is 1. The molecule has 2 aromatic rings. The number of thiazole rings is 1. The minimum Gasteiger partial charge on any atom is -0.493 e. The minimum atomic E-state index is 0.607. The van der Waals surface area contributed by atoms with Gasteiger partial charge in [0.25, 0.3) is 0 Å². The van der Waals surface area contributed by atoms with E-state index in [0.717, 1.165) is 48.5 Å². The standard InChI is InChI=1S/C19H26N4O2S/c1-5-20-19(22-11-18-21-10-13(2)26-18)23-7-6-14-8-16(24-3)17(25-4)9-15(14)12-23/h8-10H,5-7,11-12H2,1-4H3,(H,20,22). The number of ether oxygens (including phenoxy) is 2. The number of fused-ring (bicyclic) bond motifs is 1. The Balaban J connectivity index is 1.79. The molecule has 3 rings (SSSR count). The molecule has 7 heteroatoms. The topological polar surface area (TPSA) is 59.0 Å². The molecule has 0 saturated carbocycles. The first kappa shape index (κ1) is 18.5. The van der Waals surface area contributed by atoms with Gasteiger partial charge in [0, 0.05) is 30.7 Å². The maximum Gasteiger partial charge on any atom is 0.194 e. The first-order valence-electron chi connectivity index (χ1n) is 8.83. The number of benzene rings is 1. The zero-order valence-electron chi connectivity index (χ0n) is 15.8. The molecular formula is C19H26N4O2S. The zero-order valence-corrected chi connectivity index (χ0v) is 16.7. The average molecular weight is 375 g/mol. The highest BCUT2D eigenvalue weighted by molar-refractivity contribution is 7.11. The second-order valence-corrected chi connectivity index (χ2v) is 7.50. The van der Waals surface area contributed by atoms with Crippen molar-refractivity contribution >= 4 is 17.3 Å². The van der Waals surface area contributed by atoms with Gasteiger partial charge >= 0.3 is 0 Å². The molecule has 0 bridgehead atoms. The van der Waals surface area contributed by atoms with Crippen LogP contribution in [-0.4, -0.2) is 43.2 Å². The lowest BCUT2D eigenvalue weighted by Crippen LogP contribution is -2.44. The Morgan fingerprint density at radius 1 is 1.27 bits per heavy atom. The van der Waals surface area contributed by atoms with Crippen molar-refractivity contribution in [1.29, 1.82) is 0 Å². The molecule has 26 heavy (non-hydrogen) atoms. The van der Waals surface area contributed by atoms with Crippen LogP contribution in [0.4, 0.5) is 0 Å². The number of hydrogen-bond donors (Lipinski definition) is 1. The van der Waals surface area contributed by atoms with Crippen LogP contribution >= 0.6 is 11.3 Å². The molecule has 0 radical (unpaired) electrons. The van der Waals surface area contributed by atoms with E-state index >= 15 is 0 Å². The molecule has 140 valence electrons. The summed E-state index contributed by atoms with van der Waals surface area (Å²) in [6, 6.07) is 4.17. The van der Waals surface area contributed by atoms with Gasteiger partial charge in [0.05, 0.1) is 20.8 Å². The number of methoxy groups -OCH3 is 2. The van der Waals surface area contributed by atoms with Gasteiger partial charge in [-0.15, -0.1) is 11.3 Å². The monoisotopic (exact) mass is 374 g/mol. The summed E-state index contributed by atoms with van der Waals surface area (Å²) in [5, 5.41) is 4.45. The van der Waals surface area contributed by atoms with Crippen molar-refractivity contribution in [3.8, 4) is 11.5 Å². The average Bonchev–Trinajstić information content (AvgIpc) is 3.08. The molecule has 0 fully saturated rings. The molecule has 1 aromatic carbocycles. The Morgan fingerprint density at radius 3 is 2.62 bits per heavy atom. The number of aromatic nitrogens is 1. The lowest BCUT2D eigenvalue weighted by Gasteiger charge is -2.32. The number of hydrogen-bond acceptors (Lipinski definition) is 5. The van der Waals surface area contributed by atoms with Crippen LogP contribution < -0.4 is 14.8 Å². The lowest BCUT2D eigenvalue weighted by atomic mass is 9.99. The third-order valence-electron chi connectivity index (χ3n) is 4.39. The maximum absolute atomic E-state index is 5.46. The maximum atomic E-state index is 5.46. The third kappa shape index (κ3) is 4.09. The lowest BCUT2D eigenvalue weighted by molar-refractivity contribution is 0.346. The van der Waals surface area contributed by atoms with Crippen LogP contribution in [0.15, 0.2) is 23.3 Å². The van der Waals surface area contributed by atoms with Crippen LogP contribution in [0.1, 0.15) is 27.9 Å². The first-order chi connectivity index (χ1) is 12.6. The Bertz CT molecular complexity index is 788. The summed E-state index contributed by atoms with van der Waals surface area (Å²) >= 11 is 1.70. The number of aliphatic imine (C=N–C) groups is 1. The molecule has 1 N–H and O–H groups in total. The van der Waals surface area contributed by atoms with E-state index in [9.17, 15) is 0 Å². The van der Waals surface area contributed by atoms with Gasteiger partial charge < -0.3 is 19.7 Å². The highest BCUT2D eigenvalue weighted by atomic mass is 32.1. The summed E-state index contributed by atoms with van der Waals surface area (Å²) in [7, 11) is 3.35. The van der Waals surface area contributed by atoms with E-state index in [1.165, 1.54) is 16.0 Å².